The lowest BCUT2D eigenvalue weighted by Crippen LogP contribution is -2.30. The van der Waals surface area contributed by atoms with Crippen LogP contribution in [0.5, 0.6) is 5.75 Å². The number of hydrogen-bond donors (Lipinski definition) is 1. The van der Waals surface area contributed by atoms with Gasteiger partial charge in [0.1, 0.15) is 22.8 Å². The first-order valence-electron chi connectivity index (χ1n) is 9.07. The molecular formula is C21H21IN2O6. The van der Waals surface area contributed by atoms with E-state index in [0.29, 0.717) is 5.76 Å². The molecule has 9 heteroatoms. The van der Waals surface area contributed by atoms with Crippen molar-refractivity contribution in [2.24, 2.45) is 0 Å². The van der Waals surface area contributed by atoms with Gasteiger partial charge < -0.3 is 19.2 Å². The summed E-state index contributed by atoms with van der Waals surface area (Å²) in [7, 11) is 1.24. The Bertz CT molecular complexity index is 1030. The first-order chi connectivity index (χ1) is 14.1. The van der Waals surface area contributed by atoms with Crippen molar-refractivity contribution in [3.8, 4) is 5.75 Å². The van der Waals surface area contributed by atoms with Crippen molar-refractivity contribution in [2.45, 2.75) is 32.9 Å². The largest absolute Gasteiger partial charge is 0.487 e. The zero-order chi connectivity index (χ0) is 22.1. The molecule has 1 aliphatic heterocycles. The van der Waals surface area contributed by atoms with Gasteiger partial charge in [0.05, 0.1) is 17.2 Å². The molecule has 1 aliphatic rings. The third-order valence-corrected chi connectivity index (χ3v) is 4.85. The number of amides is 3. The van der Waals surface area contributed by atoms with Gasteiger partial charge in [-0.25, -0.2) is 9.59 Å². The maximum atomic E-state index is 12.7. The predicted octanol–water partition coefficient (Wildman–Crippen LogP) is 3.94. The zero-order valence-corrected chi connectivity index (χ0v) is 19.1. The summed E-state index contributed by atoms with van der Waals surface area (Å²) in [4.78, 5) is 37.4. The number of nitrogens with zero attached hydrogens (tertiary/aromatic N) is 1. The summed E-state index contributed by atoms with van der Waals surface area (Å²) in [6.45, 7) is 5.79. The molecule has 2 heterocycles. The van der Waals surface area contributed by atoms with Crippen molar-refractivity contribution in [3.05, 3.63) is 56.7 Å². The number of methoxy groups -OCH3 is 1. The van der Waals surface area contributed by atoms with E-state index in [1.165, 1.54) is 19.2 Å². The van der Waals surface area contributed by atoms with Crippen LogP contribution in [-0.2, 0) is 16.1 Å². The van der Waals surface area contributed by atoms with Crippen LogP contribution >= 0.6 is 22.6 Å². The van der Waals surface area contributed by atoms with Crippen LogP contribution < -0.4 is 10.1 Å². The van der Waals surface area contributed by atoms with E-state index < -0.39 is 17.9 Å². The topological polar surface area (TPSA) is 98.1 Å². The maximum absolute atomic E-state index is 12.7. The quantitative estimate of drug-likeness (QED) is 0.276. The van der Waals surface area contributed by atoms with Gasteiger partial charge in [0.15, 0.2) is 0 Å². The minimum Gasteiger partial charge on any atom is -0.487 e. The summed E-state index contributed by atoms with van der Waals surface area (Å²) in [5.74, 6) is -0.0812. The van der Waals surface area contributed by atoms with Crippen molar-refractivity contribution in [1.82, 2.24) is 10.2 Å². The van der Waals surface area contributed by atoms with Crippen LogP contribution in [0.1, 0.15) is 42.6 Å². The number of rotatable bonds is 5. The summed E-state index contributed by atoms with van der Waals surface area (Å²) in [6.07, 6.45) is 1.60. The van der Waals surface area contributed by atoms with Crippen molar-refractivity contribution in [1.29, 1.82) is 0 Å². The molecule has 0 spiro atoms. The first kappa shape index (κ1) is 21.9. The van der Waals surface area contributed by atoms with Crippen molar-refractivity contribution >= 4 is 46.6 Å². The summed E-state index contributed by atoms with van der Waals surface area (Å²) in [6, 6.07) is 7.89. The minimum atomic E-state index is -0.632. The number of carbonyl (C=O) groups excluding carboxylic acids is 3. The lowest BCUT2D eigenvalue weighted by molar-refractivity contribution is -0.123. The normalized spacial score (nSPS) is 15.5. The average molecular weight is 524 g/mol. The Morgan fingerprint density at radius 3 is 2.60 bits per heavy atom. The van der Waals surface area contributed by atoms with Gasteiger partial charge in [-0.2, -0.15) is 0 Å². The number of furan rings is 1. The number of hydrogen-bond acceptors (Lipinski definition) is 6. The van der Waals surface area contributed by atoms with Gasteiger partial charge in [0, 0.05) is 0 Å². The van der Waals surface area contributed by atoms with Crippen LogP contribution in [0, 0.1) is 3.57 Å². The van der Waals surface area contributed by atoms with E-state index in [-0.39, 0.29) is 23.6 Å². The molecule has 0 aliphatic carbocycles. The van der Waals surface area contributed by atoms with E-state index in [4.69, 9.17) is 9.15 Å². The van der Waals surface area contributed by atoms with E-state index in [1.54, 1.807) is 6.08 Å². The van der Waals surface area contributed by atoms with Crippen LogP contribution in [0.25, 0.3) is 6.08 Å². The molecule has 30 heavy (non-hydrogen) atoms. The molecule has 3 amide bonds. The Hall–Kier alpha value is -2.82. The molecule has 0 atom stereocenters. The summed E-state index contributed by atoms with van der Waals surface area (Å²) >= 11 is 2.16. The van der Waals surface area contributed by atoms with Gasteiger partial charge >= 0.3 is 12.0 Å². The monoisotopic (exact) mass is 524 g/mol. The van der Waals surface area contributed by atoms with Crippen LogP contribution in [0.15, 0.2) is 40.4 Å². The van der Waals surface area contributed by atoms with Gasteiger partial charge in [-0.1, -0.05) is 6.07 Å². The fraction of sp³-hybridized carbons (Fsp3) is 0.286. The molecule has 1 saturated heterocycles. The standard InChI is InChI=1S/C21H21IN2O6/c1-21(2,3)30-16-7-5-12(9-14(16)22)10-15-18(25)24(20(27)23-15)11-13-6-8-17(29-13)19(26)28-4/h5-10H,11H2,1-4H3,(H,23,27)/b15-10-. The third-order valence-electron chi connectivity index (χ3n) is 4.01. The van der Waals surface area contributed by atoms with Crippen LogP contribution in [0.4, 0.5) is 4.79 Å². The second-order valence-electron chi connectivity index (χ2n) is 7.54. The van der Waals surface area contributed by atoms with Crippen molar-refractivity contribution < 1.29 is 28.3 Å². The van der Waals surface area contributed by atoms with E-state index in [9.17, 15) is 14.4 Å². The molecule has 0 saturated carbocycles. The minimum absolute atomic E-state index is 0.00228. The molecule has 2 aromatic rings. The molecule has 1 aromatic heterocycles. The van der Waals surface area contributed by atoms with Gasteiger partial charge in [0.25, 0.3) is 5.91 Å². The van der Waals surface area contributed by atoms with Crippen molar-refractivity contribution in [3.63, 3.8) is 0 Å². The van der Waals surface area contributed by atoms with E-state index in [1.807, 2.05) is 39.0 Å². The number of ether oxygens (including phenoxy) is 2. The summed E-state index contributed by atoms with van der Waals surface area (Å²) in [5, 5.41) is 2.57. The van der Waals surface area contributed by atoms with E-state index in [0.717, 1.165) is 19.8 Å². The highest BCUT2D eigenvalue weighted by atomic mass is 127. The van der Waals surface area contributed by atoms with Crippen molar-refractivity contribution in [2.75, 3.05) is 7.11 Å². The zero-order valence-electron chi connectivity index (χ0n) is 16.9. The highest BCUT2D eigenvalue weighted by Crippen LogP contribution is 2.27. The predicted molar refractivity (Wildman–Crippen MR) is 117 cm³/mol. The van der Waals surface area contributed by atoms with Gasteiger partial charge in [-0.3, -0.25) is 9.69 Å². The highest BCUT2D eigenvalue weighted by Gasteiger charge is 2.34. The fourth-order valence-electron chi connectivity index (χ4n) is 2.73. The number of benzene rings is 1. The van der Waals surface area contributed by atoms with E-state index >= 15 is 0 Å². The average Bonchev–Trinajstić information content (AvgIpc) is 3.23. The number of halogens is 1. The SMILES string of the molecule is COC(=O)c1ccc(CN2C(=O)N/C(=C\c3ccc(OC(C)(C)C)c(I)c3)C2=O)o1. The van der Waals surface area contributed by atoms with E-state index in [2.05, 4.69) is 32.6 Å². The molecular weight excluding hydrogens is 503 g/mol. The highest BCUT2D eigenvalue weighted by molar-refractivity contribution is 14.1. The lowest BCUT2D eigenvalue weighted by Gasteiger charge is -2.22. The Balaban J connectivity index is 1.75. The fourth-order valence-corrected chi connectivity index (χ4v) is 3.38. The van der Waals surface area contributed by atoms with Crippen LogP contribution in [-0.4, -0.2) is 35.5 Å². The smallest absolute Gasteiger partial charge is 0.373 e. The third kappa shape index (κ3) is 5.02. The molecule has 1 N–H and O–H groups in total. The Morgan fingerprint density at radius 2 is 1.97 bits per heavy atom. The van der Waals surface area contributed by atoms with Gasteiger partial charge in [0.2, 0.25) is 5.76 Å². The number of carbonyl (C=O) groups is 3. The summed E-state index contributed by atoms with van der Waals surface area (Å²) in [5.41, 5.74) is 0.576. The van der Waals surface area contributed by atoms with Gasteiger partial charge in [-0.15, -0.1) is 0 Å². The second-order valence-corrected chi connectivity index (χ2v) is 8.70. The number of esters is 1. The van der Waals surface area contributed by atoms with Crippen LogP contribution in [0.2, 0.25) is 0 Å². The number of urea groups is 1. The first-order valence-corrected chi connectivity index (χ1v) is 10.2. The molecule has 1 fully saturated rings. The molecule has 0 bridgehead atoms. The molecule has 158 valence electrons. The van der Waals surface area contributed by atoms with Crippen LogP contribution in [0.3, 0.4) is 0 Å². The Kier molecular flexibility index (Phi) is 6.20. The molecule has 8 nitrogen and oxygen atoms in total. The van der Waals surface area contributed by atoms with Gasteiger partial charge in [-0.05, 0) is 79.3 Å². The second kappa shape index (κ2) is 8.50. The summed E-state index contributed by atoms with van der Waals surface area (Å²) < 4.78 is 16.7. The number of imide groups is 1. The number of nitrogens with one attached hydrogen (secondary N) is 1. The Morgan fingerprint density at radius 1 is 1.23 bits per heavy atom. The molecule has 1 aromatic carbocycles. The lowest BCUT2D eigenvalue weighted by atomic mass is 10.1. The molecule has 0 unspecified atom stereocenters. The molecule has 0 radical (unpaired) electrons. The maximum Gasteiger partial charge on any atom is 0.373 e. The molecule has 3 rings (SSSR count). The Labute approximate surface area is 187 Å².